The molecule has 0 bridgehead atoms. The van der Waals surface area contributed by atoms with Gasteiger partial charge < -0.3 is 5.11 Å². The monoisotopic (exact) mass is 298 g/mol. The standard InChI is InChI=1S/C16H11ClN2O2/c1-9-14(20)5-3-11(17)15(9)16(21)10-2-4-12-13(8-10)19-7-6-18-12/h2-8,20H,1H3. The van der Waals surface area contributed by atoms with Crippen molar-refractivity contribution < 1.29 is 9.90 Å². The van der Waals surface area contributed by atoms with Crippen molar-refractivity contribution in [3.63, 3.8) is 0 Å². The third-order valence-corrected chi connectivity index (χ3v) is 3.66. The molecule has 0 aliphatic carbocycles. The molecule has 0 saturated heterocycles. The first-order valence-electron chi connectivity index (χ1n) is 6.31. The van der Waals surface area contributed by atoms with Gasteiger partial charge in [0.2, 0.25) is 0 Å². The molecule has 0 radical (unpaired) electrons. The Kier molecular flexibility index (Phi) is 3.31. The fourth-order valence-electron chi connectivity index (χ4n) is 2.20. The van der Waals surface area contributed by atoms with Gasteiger partial charge in [0.25, 0.3) is 0 Å². The predicted molar refractivity (Wildman–Crippen MR) is 80.8 cm³/mol. The summed E-state index contributed by atoms with van der Waals surface area (Å²) in [4.78, 5) is 21.0. The van der Waals surface area contributed by atoms with Crippen molar-refractivity contribution in [3.8, 4) is 5.75 Å². The summed E-state index contributed by atoms with van der Waals surface area (Å²) < 4.78 is 0. The zero-order chi connectivity index (χ0) is 15.0. The lowest BCUT2D eigenvalue weighted by Crippen LogP contribution is -2.05. The van der Waals surface area contributed by atoms with Crippen molar-refractivity contribution in [2.24, 2.45) is 0 Å². The van der Waals surface area contributed by atoms with E-state index in [-0.39, 0.29) is 11.5 Å². The molecule has 1 heterocycles. The summed E-state index contributed by atoms with van der Waals surface area (Å²) in [6.45, 7) is 1.66. The van der Waals surface area contributed by atoms with Crippen molar-refractivity contribution in [1.82, 2.24) is 9.97 Å². The number of aromatic hydroxyl groups is 1. The van der Waals surface area contributed by atoms with E-state index in [1.54, 1.807) is 37.5 Å². The van der Waals surface area contributed by atoms with E-state index >= 15 is 0 Å². The first-order valence-corrected chi connectivity index (χ1v) is 6.69. The van der Waals surface area contributed by atoms with Crippen LogP contribution in [-0.2, 0) is 0 Å². The van der Waals surface area contributed by atoms with E-state index in [2.05, 4.69) is 9.97 Å². The van der Waals surface area contributed by atoms with Crippen molar-refractivity contribution in [2.45, 2.75) is 6.92 Å². The molecule has 104 valence electrons. The zero-order valence-electron chi connectivity index (χ0n) is 11.2. The van der Waals surface area contributed by atoms with E-state index < -0.39 is 0 Å². The van der Waals surface area contributed by atoms with Gasteiger partial charge in [-0.15, -0.1) is 0 Å². The number of halogens is 1. The second kappa shape index (κ2) is 5.14. The van der Waals surface area contributed by atoms with Gasteiger partial charge in [0.15, 0.2) is 5.78 Å². The number of aromatic nitrogens is 2. The van der Waals surface area contributed by atoms with Crippen LogP contribution in [0.25, 0.3) is 11.0 Å². The molecule has 0 aliphatic heterocycles. The van der Waals surface area contributed by atoms with Gasteiger partial charge in [-0.2, -0.15) is 0 Å². The highest BCUT2D eigenvalue weighted by Crippen LogP contribution is 2.29. The first-order chi connectivity index (χ1) is 10.1. The van der Waals surface area contributed by atoms with Gasteiger partial charge in [0, 0.05) is 29.1 Å². The second-order valence-electron chi connectivity index (χ2n) is 4.66. The third kappa shape index (κ3) is 2.34. The molecule has 0 spiro atoms. The van der Waals surface area contributed by atoms with Gasteiger partial charge in [-0.3, -0.25) is 14.8 Å². The summed E-state index contributed by atoms with van der Waals surface area (Å²) in [6, 6.07) is 8.07. The zero-order valence-corrected chi connectivity index (χ0v) is 11.9. The molecule has 0 atom stereocenters. The molecule has 5 heteroatoms. The Labute approximate surface area is 126 Å². The van der Waals surface area contributed by atoms with Crippen LogP contribution in [0.1, 0.15) is 21.5 Å². The number of rotatable bonds is 2. The van der Waals surface area contributed by atoms with Crippen molar-refractivity contribution in [1.29, 1.82) is 0 Å². The fourth-order valence-corrected chi connectivity index (χ4v) is 2.49. The highest BCUT2D eigenvalue weighted by Gasteiger charge is 2.18. The number of ketones is 1. The molecule has 21 heavy (non-hydrogen) atoms. The molecule has 3 aromatic rings. The maximum atomic E-state index is 12.6. The number of phenols is 1. The predicted octanol–water partition coefficient (Wildman–Crippen LogP) is 3.53. The maximum Gasteiger partial charge on any atom is 0.195 e. The molecule has 3 rings (SSSR count). The molecule has 4 nitrogen and oxygen atoms in total. The smallest absolute Gasteiger partial charge is 0.195 e. The number of carbonyl (C=O) groups excluding carboxylic acids is 1. The maximum absolute atomic E-state index is 12.6. The average molecular weight is 299 g/mol. The van der Waals surface area contributed by atoms with Crippen LogP contribution in [0.4, 0.5) is 0 Å². The lowest BCUT2D eigenvalue weighted by molar-refractivity contribution is 0.103. The Hall–Kier alpha value is -2.46. The largest absolute Gasteiger partial charge is 0.508 e. The van der Waals surface area contributed by atoms with Gasteiger partial charge in [-0.05, 0) is 37.3 Å². The van der Waals surface area contributed by atoms with Gasteiger partial charge in [-0.1, -0.05) is 11.6 Å². The average Bonchev–Trinajstić information content (AvgIpc) is 2.51. The fraction of sp³-hybridized carbons (Fsp3) is 0.0625. The number of fused-ring (bicyclic) bond motifs is 1. The summed E-state index contributed by atoms with van der Waals surface area (Å²) in [7, 11) is 0. The number of carbonyl (C=O) groups is 1. The van der Waals surface area contributed by atoms with Crippen LogP contribution in [0, 0.1) is 6.92 Å². The van der Waals surface area contributed by atoms with Gasteiger partial charge >= 0.3 is 0 Å². The molecule has 0 unspecified atom stereocenters. The van der Waals surface area contributed by atoms with E-state index in [1.807, 2.05) is 0 Å². The minimum Gasteiger partial charge on any atom is -0.508 e. The molecule has 0 amide bonds. The summed E-state index contributed by atoms with van der Waals surface area (Å²) in [5, 5.41) is 10.1. The number of nitrogens with zero attached hydrogens (tertiary/aromatic N) is 2. The highest BCUT2D eigenvalue weighted by molar-refractivity contribution is 6.35. The van der Waals surface area contributed by atoms with Crippen molar-refractivity contribution in [2.75, 3.05) is 0 Å². The number of hydrogen-bond acceptors (Lipinski definition) is 4. The molecular weight excluding hydrogens is 288 g/mol. The Bertz CT molecular complexity index is 862. The van der Waals surface area contributed by atoms with Crippen LogP contribution < -0.4 is 0 Å². The van der Waals surface area contributed by atoms with Crippen LogP contribution in [0.3, 0.4) is 0 Å². The SMILES string of the molecule is Cc1c(O)ccc(Cl)c1C(=O)c1ccc2nccnc2c1. The van der Waals surface area contributed by atoms with Gasteiger partial charge in [-0.25, -0.2) is 0 Å². The van der Waals surface area contributed by atoms with Crippen LogP contribution in [0.5, 0.6) is 5.75 Å². The Morgan fingerprint density at radius 3 is 2.57 bits per heavy atom. The van der Waals surface area contributed by atoms with Crippen LogP contribution >= 0.6 is 11.6 Å². The number of benzene rings is 2. The summed E-state index contributed by atoms with van der Waals surface area (Å²) >= 11 is 6.10. The molecule has 1 aromatic heterocycles. The molecule has 1 N–H and O–H groups in total. The summed E-state index contributed by atoms with van der Waals surface area (Å²) in [5.41, 5.74) is 2.58. The number of hydrogen-bond donors (Lipinski definition) is 1. The Balaban J connectivity index is 2.15. The van der Waals surface area contributed by atoms with Crippen LogP contribution in [0.15, 0.2) is 42.7 Å². The molecule has 0 saturated carbocycles. The van der Waals surface area contributed by atoms with E-state index in [4.69, 9.17) is 11.6 Å². The second-order valence-corrected chi connectivity index (χ2v) is 5.06. The minimum absolute atomic E-state index is 0.0448. The highest BCUT2D eigenvalue weighted by atomic mass is 35.5. The van der Waals surface area contributed by atoms with E-state index in [0.29, 0.717) is 32.7 Å². The van der Waals surface area contributed by atoms with E-state index in [9.17, 15) is 9.90 Å². The molecular formula is C16H11ClN2O2. The summed E-state index contributed by atoms with van der Waals surface area (Å²) in [6.07, 6.45) is 3.17. The minimum atomic E-state index is -0.249. The van der Waals surface area contributed by atoms with Crippen LogP contribution in [0.2, 0.25) is 5.02 Å². The number of phenolic OH excluding ortho intramolecular Hbond substituents is 1. The van der Waals surface area contributed by atoms with Crippen molar-refractivity contribution in [3.05, 3.63) is 64.4 Å². The third-order valence-electron chi connectivity index (χ3n) is 3.34. The van der Waals surface area contributed by atoms with E-state index in [1.165, 1.54) is 12.1 Å². The molecule has 2 aromatic carbocycles. The lowest BCUT2D eigenvalue weighted by atomic mass is 9.98. The van der Waals surface area contributed by atoms with Gasteiger partial charge in [0.1, 0.15) is 5.75 Å². The molecule has 0 fully saturated rings. The Morgan fingerprint density at radius 1 is 1.10 bits per heavy atom. The van der Waals surface area contributed by atoms with E-state index in [0.717, 1.165) is 0 Å². The summed E-state index contributed by atoms with van der Waals surface area (Å²) in [5.74, 6) is -0.204. The van der Waals surface area contributed by atoms with Gasteiger partial charge in [0.05, 0.1) is 16.1 Å². The van der Waals surface area contributed by atoms with Crippen LogP contribution in [-0.4, -0.2) is 20.9 Å². The van der Waals surface area contributed by atoms with Crippen molar-refractivity contribution >= 4 is 28.4 Å². The normalized spacial score (nSPS) is 10.8. The quantitative estimate of drug-likeness (QED) is 0.735. The molecule has 0 aliphatic rings. The topological polar surface area (TPSA) is 63.1 Å². The Morgan fingerprint density at radius 2 is 1.81 bits per heavy atom. The first kappa shape index (κ1) is 13.5. The lowest BCUT2D eigenvalue weighted by Gasteiger charge is -2.09.